The molecule has 3 N–H and O–H groups in total. The van der Waals surface area contributed by atoms with Gasteiger partial charge in [0.2, 0.25) is 0 Å². The van der Waals surface area contributed by atoms with Gasteiger partial charge in [-0.05, 0) is 24.6 Å². The largest absolute Gasteiger partial charge is 0.394 e. The summed E-state index contributed by atoms with van der Waals surface area (Å²) < 4.78 is 14.9. The molecule has 0 radical (unpaired) electrons. The number of aliphatic hydroxyl groups excluding tert-OH is 1. The van der Waals surface area contributed by atoms with Gasteiger partial charge in [0, 0.05) is 5.39 Å². The molecule has 0 saturated carbocycles. The zero-order valence-corrected chi connectivity index (χ0v) is 14.1. The summed E-state index contributed by atoms with van der Waals surface area (Å²) in [7, 11) is 0. The van der Waals surface area contributed by atoms with E-state index in [1.807, 2.05) is 0 Å². The number of rotatable bonds is 6. The van der Waals surface area contributed by atoms with E-state index in [0.29, 0.717) is 16.0 Å². The third kappa shape index (κ3) is 3.73. The van der Waals surface area contributed by atoms with Crippen molar-refractivity contribution in [2.75, 3.05) is 18.5 Å². The third-order valence-electron chi connectivity index (χ3n) is 3.35. The SMILES string of the molecule is Cc1ccc(Nc2c(C(=O)NOCCO)sc3cnncc23)c(F)c1. The zero-order valence-electron chi connectivity index (χ0n) is 13.2. The van der Waals surface area contributed by atoms with Gasteiger partial charge in [0.1, 0.15) is 10.7 Å². The van der Waals surface area contributed by atoms with Crippen LogP contribution in [-0.4, -0.2) is 34.4 Å². The molecule has 7 nitrogen and oxygen atoms in total. The number of anilines is 2. The molecule has 0 unspecified atom stereocenters. The van der Waals surface area contributed by atoms with Gasteiger partial charge < -0.3 is 10.4 Å². The fraction of sp³-hybridized carbons (Fsp3) is 0.188. The van der Waals surface area contributed by atoms with E-state index in [0.717, 1.165) is 10.3 Å². The minimum atomic E-state index is -0.510. The number of benzene rings is 1. The van der Waals surface area contributed by atoms with Gasteiger partial charge in [-0.1, -0.05) is 6.07 Å². The number of hydroxylamine groups is 1. The summed E-state index contributed by atoms with van der Waals surface area (Å²) in [5, 5.41) is 20.0. The number of nitrogens with zero attached hydrogens (tertiary/aromatic N) is 2. The molecular weight excluding hydrogens is 347 g/mol. The molecule has 1 aromatic carbocycles. The van der Waals surface area contributed by atoms with Crippen LogP contribution in [0.15, 0.2) is 30.6 Å². The molecular formula is C16H15FN4O3S. The second-order valence-electron chi connectivity index (χ2n) is 5.18. The maximum absolute atomic E-state index is 14.2. The van der Waals surface area contributed by atoms with E-state index in [1.165, 1.54) is 29.8 Å². The Balaban J connectivity index is 1.99. The Morgan fingerprint density at radius 2 is 2.16 bits per heavy atom. The van der Waals surface area contributed by atoms with E-state index in [4.69, 9.17) is 9.94 Å². The Morgan fingerprint density at radius 1 is 1.36 bits per heavy atom. The molecule has 0 fully saturated rings. The first-order valence-electron chi connectivity index (χ1n) is 7.39. The monoisotopic (exact) mass is 362 g/mol. The summed E-state index contributed by atoms with van der Waals surface area (Å²) in [6.07, 6.45) is 3.04. The summed E-state index contributed by atoms with van der Waals surface area (Å²) in [5.41, 5.74) is 3.70. The van der Waals surface area contributed by atoms with Gasteiger partial charge in [-0.15, -0.1) is 11.3 Å². The van der Waals surface area contributed by atoms with Crippen molar-refractivity contribution < 1.29 is 19.1 Å². The molecule has 3 rings (SSSR count). The Morgan fingerprint density at radius 3 is 2.92 bits per heavy atom. The Labute approximate surface area is 146 Å². The number of aliphatic hydroxyl groups is 1. The quantitative estimate of drug-likeness (QED) is 0.461. The number of fused-ring (bicyclic) bond motifs is 1. The van der Waals surface area contributed by atoms with Gasteiger partial charge in [-0.2, -0.15) is 10.2 Å². The molecule has 2 heterocycles. The highest BCUT2D eigenvalue weighted by Crippen LogP contribution is 2.37. The average molecular weight is 362 g/mol. The first-order chi connectivity index (χ1) is 12.1. The lowest BCUT2D eigenvalue weighted by molar-refractivity contribution is 0.0172. The second-order valence-corrected chi connectivity index (χ2v) is 6.24. The van der Waals surface area contributed by atoms with E-state index in [9.17, 15) is 9.18 Å². The number of halogens is 1. The van der Waals surface area contributed by atoms with Gasteiger partial charge in [0.05, 0.1) is 41.7 Å². The van der Waals surface area contributed by atoms with E-state index in [1.54, 1.807) is 19.1 Å². The molecule has 0 atom stereocenters. The van der Waals surface area contributed by atoms with Crippen LogP contribution < -0.4 is 10.8 Å². The summed E-state index contributed by atoms with van der Waals surface area (Å²) in [6.45, 7) is 1.54. The van der Waals surface area contributed by atoms with Crippen molar-refractivity contribution in [3.05, 3.63) is 46.9 Å². The molecule has 0 saturated heterocycles. The predicted octanol–water partition coefficient (Wildman–Crippen LogP) is 2.54. The van der Waals surface area contributed by atoms with Crippen LogP contribution in [0.25, 0.3) is 10.1 Å². The van der Waals surface area contributed by atoms with Gasteiger partial charge >= 0.3 is 0 Å². The highest BCUT2D eigenvalue weighted by molar-refractivity contribution is 7.21. The fourth-order valence-electron chi connectivity index (χ4n) is 2.21. The molecule has 1 amide bonds. The van der Waals surface area contributed by atoms with Crippen molar-refractivity contribution in [3.63, 3.8) is 0 Å². The maximum atomic E-state index is 14.2. The highest BCUT2D eigenvalue weighted by atomic mass is 32.1. The first kappa shape index (κ1) is 17.2. The predicted molar refractivity (Wildman–Crippen MR) is 92.3 cm³/mol. The van der Waals surface area contributed by atoms with E-state index in [2.05, 4.69) is 21.0 Å². The molecule has 0 bridgehead atoms. The lowest BCUT2D eigenvalue weighted by atomic mass is 10.2. The van der Waals surface area contributed by atoms with E-state index < -0.39 is 11.7 Å². The number of amides is 1. The molecule has 0 aliphatic heterocycles. The van der Waals surface area contributed by atoms with Crippen molar-refractivity contribution in [1.29, 1.82) is 0 Å². The van der Waals surface area contributed by atoms with Crippen molar-refractivity contribution in [2.45, 2.75) is 6.92 Å². The summed E-state index contributed by atoms with van der Waals surface area (Å²) >= 11 is 1.18. The average Bonchev–Trinajstić information content (AvgIpc) is 2.96. The van der Waals surface area contributed by atoms with Gasteiger partial charge in [-0.25, -0.2) is 9.87 Å². The van der Waals surface area contributed by atoms with Crippen LogP contribution in [0.3, 0.4) is 0 Å². The van der Waals surface area contributed by atoms with Crippen LogP contribution in [0, 0.1) is 12.7 Å². The zero-order chi connectivity index (χ0) is 17.8. The van der Waals surface area contributed by atoms with Crippen LogP contribution in [-0.2, 0) is 4.84 Å². The fourth-order valence-corrected chi connectivity index (χ4v) is 3.19. The van der Waals surface area contributed by atoms with E-state index in [-0.39, 0.29) is 18.9 Å². The van der Waals surface area contributed by atoms with Crippen LogP contribution in [0.1, 0.15) is 15.2 Å². The second kappa shape index (κ2) is 7.51. The molecule has 2 aromatic heterocycles. The Bertz CT molecular complexity index is 916. The summed E-state index contributed by atoms with van der Waals surface area (Å²) in [5.74, 6) is -0.936. The molecule has 130 valence electrons. The Kier molecular flexibility index (Phi) is 5.17. The van der Waals surface area contributed by atoms with Crippen molar-refractivity contribution in [1.82, 2.24) is 15.7 Å². The standard InChI is InChI=1S/C16H15FN4O3S/c1-9-2-3-12(11(17)6-9)20-14-10-7-18-19-8-13(10)25-15(14)16(23)21-24-5-4-22/h2-3,6-8,20,22H,4-5H2,1H3,(H,21,23). The lowest BCUT2D eigenvalue weighted by Crippen LogP contribution is -2.24. The van der Waals surface area contributed by atoms with Crippen molar-refractivity contribution >= 4 is 38.7 Å². The number of carbonyl (C=O) groups excluding carboxylic acids is 1. The Hall–Kier alpha value is -2.62. The minimum Gasteiger partial charge on any atom is -0.394 e. The third-order valence-corrected chi connectivity index (χ3v) is 4.49. The molecule has 9 heteroatoms. The molecule has 0 aliphatic carbocycles. The smallest absolute Gasteiger partial charge is 0.287 e. The number of hydrogen-bond acceptors (Lipinski definition) is 7. The number of nitrogens with one attached hydrogen (secondary N) is 2. The van der Waals surface area contributed by atoms with Crippen LogP contribution in [0.5, 0.6) is 0 Å². The van der Waals surface area contributed by atoms with Crippen LogP contribution in [0.2, 0.25) is 0 Å². The summed E-state index contributed by atoms with van der Waals surface area (Å²) in [6, 6.07) is 4.78. The topological polar surface area (TPSA) is 96.4 Å². The molecule has 3 aromatic rings. The van der Waals surface area contributed by atoms with E-state index >= 15 is 0 Å². The van der Waals surface area contributed by atoms with Crippen molar-refractivity contribution in [3.8, 4) is 0 Å². The first-order valence-corrected chi connectivity index (χ1v) is 8.21. The van der Waals surface area contributed by atoms with Gasteiger partial charge in [0.25, 0.3) is 5.91 Å². The number of carbonyl (C=O) groups is 1. The number of thiophene rings is 1. The van der Waals surface area contributed by atoms with Crippen molar-refractivity contribution in [2.24, 2.45) is 0 Å². The molecule has 25 heavy (non-hydrogen) atoms. The van der Waals surface area contributed by atoms with Gasteiger partial charge in [-0.3, -0.25) is 9.63 Å². The molecule has 0 spiro atoms. The maximum Gasteiger partial charge on any atom is 0.287 e. The number of aromatic nitrogens is 2. The van der Waals surface area contributed by atoms with Crippen LogP contribution >= 0.6 is 11.3 Å². The number of hydrogen-bond donors (Lipinski definition) is 3. The van der Waals surface area contributed by atoms with Gasteiger partial charge in [0.15, 0.2) is 0 Å². The molecule has 0 aliphatic rings. The van der Waals surface area contributed by atoms with Crippen LogP contribution in [0.4, 0.5) is 15.8 Å². The minimum absolute atomic E-state index is 0.0326. The highest BCUT2D eigenvalue weighted by Gasteiger charge is 2.20. The number of aryl methyl sites for hydroxylation is 1. The summed E-state index contributed by atoms with van der Waals surface area (Å²) in [4.78, 5) is 17.5. The normalized spacial score (nSPS) is 10.8. The lowest BCUT2D eigenvalue weighted by Gasteiger charge is -2.10.